The smallest absolute Gasteiger partial charge is 0.161 e. The fraction of sp³-hybridized carbons (Fsp3) is 0.538. The van der Waals surface area contributed by atoms with Crippen LogP contribution in [0.5, 0.6) is 11.5 Å². The molecule has 1 aromatic carbocycles. The summed E-state index contributed by atoms with van der Waals surface area (Å²) < 4.78 is 10.9. The molecule has 96 valence electrons. The Morgan fingerprint density at radius 2 is 1.88 bits per heavy atom. The van der Waals surface area contributed by atoms with Crippen molar-refractivity contribution in [1.82, 2.24) is 4.90 Å². The number of likely N-dealkylation sites (N-methyl/N-ethyl adjacent to an activating group) is 1. The minimum atomic E-state index is 0.654. The number of hydrogen-bond acceptors (Lipinski definition) is 4. The van der Waals surface area contributed by atoms with Crippen LogP contribution in [0.1, 0.15) is 6.42 Å². The van der Waals surface area contributed by atoms with E-state index in [0.717, 1.165) is 37.6 Å². The van der Waals surface area contributed by atoms with Crippen molar-refractivity contribution in [2.75, 3.05) is 40.4 Å². The van der Waals surface area contributed by atoms with Crippen LogP contribution >= 0.6 is 0 Å². The average Bonchev–Trinajstić information content (AvgIpc) is 2.37. The first kappa shape index (κ1) is 13.8. The van der Waals surface area contributed by atoms with Crippen LogP contribution in [-0.4, -0.2) is 45.3 Å². The van der Waals surface area contributed by atoms with E-state index in [1.165, 1.54) is 0 Å². The molecule has 0 bridgehead atoms. The van der Waals surface area contributed by atoms with E-state index in [1.807, 2.05) is 24.3 Å². The normalized spacial score (nSPS) is 10.6. The van der Waals surface area contributed by atoms with Crippen LogP contribution in [0.25, 0.3) is 0 Å². The highest BCUT2D eigenvalue weighted by Gasteiger charge is 2.03. The Morgan fingerprint density at radius 3 is 2.53 bits per heavy atom. The number of ether oxygens (including phenoxy) is 2. The maximum absolute atomic E-state index is 5.68. The molecule has 0 aromatic heterocycles. The van der Waals surface area contributed by atoms with Crippen LogP contribution in [0, 0.1) is 0 Å². The van der Waals surface area contributed by atoms with Crippen LogP contribution in [-0.2, 0) is 0 Å². The SMILES string of the molecule is COc1ccccc1OCCN(C)CCCN. The third kappa shape index (κ3) is 5.06. The first-order valence-corrected chi connectivity index (χ1v) is 5.92. The molecule has 4 nitrogen and oxygen atoms in total. The van der Waals surface area contributed by atoms with Gasteiger partial charge in [-0.25, -0.2) is 0 Å². The molecule has 0 amide bonds. The second-order valence-electron chi connectivity index (χ2n) is 3.94. The largest absolute Gasteiger partial charge is 0.493 e. The molecule has 0 aliphatic heterocycles. The topological polar surface area (TPSA) is 47.7 Å². The molecular weight excluding hydrogens is 216 g/mol. The number of para-hydroxylation sites is 2. The Balaban J connectivity index is 2.30. The molecule has 0 aliphatic carbocycles. The van der Waals surface area contributed by atoms with E-state index in [4.69, 9.17) is 15.2 Å². The summed E-state index contributed by atoms with van der Waals surface area (Å²) in [5.74, 6) is 1.57. The van der Waals surface area contributed by atoms with Crippen molar-refractivity contribution in [3.05, 3.63) is 24.3 Å². The predicted octanol–water partition coefficient (Wildman–Crippen LogP) is 1.35. The molecule has 0 aliphatic rings. The zero-order chi connectivity index (χ0) is 12.5. The number of hydrogen-bond donors (Lipinski definition) is 1. The van der Waals surface area contributed by atoms with Gasteiger partial charge in [0.05, 0.1) is 7.11 Å². The average molecular weight is 238 g/mol. The van der Waals surface area contributed by atoms with E-state index in [1.54, 1.807) is 7.11 Å². The molecule has 1 aromatic rings. The molecule has 0 radical (unpaired) electrons. The Morgan fingerprint density at radius 1 is 1.18 bits per heavy atom. The molecular formula is C13H22N2O2. The Labute approximate surface area is 103 Å². The first-order chi connectivity index (χ1) is 8.27. The monoisotopic (exact) mass is 238 g/mol. The van der Waals surface area contributed by atoms with Gasteiger partial charge < -0.3 is 20.1 Å². The molecule has 0 heterocycles. The lowest BCUT2D eigenvalue weighted by atomic mass is 10.3. The zero-order valence-corrected chi connectivity index (χ0v) is 10.7. The lowest BCUT2D eigenvalue weighted by molar-refractivity contribution is 0.229. The lowest BCUT2D eigenvalue weighted by Crippen LogP contribution is -2.26. The first-order valence-electron chi connectivity index (χ1n) is 5.92. The standard InChI is InChI=1S/C13H22N2O2/c1-15(9-5-8-14)10-11-17-13-7-4-3-6-12(13)16-2/h3-4,6-7H,5,8-11,14H2,1-2H3. The quantitative estimate of drug-likeness (QED) is 0.743. The molecule has 4 heteroatoms. The predicted molar refractivity (Wildman–Crippen MR) is 69.7 cm³/mol. The summed E-state index contributed by atoms with van der Waals surface area (Å²) in [6.45, 7) is 3.28. The van der Waals surface area contributed by atoms with Gasteiger partial charge in [-0.05, 0) is 38.7 Å². The van der Waals surface area contributed by atoms with Gasteiger partial charge in [0.15, 0.2) is 11.5 Å². The van der Waals surface area contributed by atoms with Crippen molar-refractivity contribution in [2.45, 2.75) is 6.42 Å². The summed E-state index contributed by atoms with van der Waals surface area (Å²) in [7, 11) is 3.72. The molecule has 0 saturated carbocycles. The van der Waals surface area contributed by atoms with Crippen LogP contribution in [0.2, 0.25) is 0 Å². The Bertz CT molecular complexity index is 318. The van der Waals surface area contributed by atoms with Crippen molar-refractivity contribution >= 4 is 0 Å². The highest BCUT2D eigenvalue weighted by atomic mass is 16.5. The second-order valence-corrected chi connectivity index (χ2v) is 3.94. The summed E-state index contributed by atoms with van der Waals surface area (Å²) in [5, 5.41) is 0. The van der Waals surface area contributed by atoms with Crippen LogP contribution < -0.4 is 15.2 Å². The molecule has 0 spiro atoms. The second kappa shape index (κ2) is 7.92. The lowest BCUT2D eigenvalue weighted by Gasteiger charge is -2.17. The van der Waals surface area contributed by atoms with Crippen molar-refractivity contribution in [3.8, 4) is 11.5 Å². The molecule has 2 N–H and O–H groups in total. The Hall–Kier alpha value is -1.26. The summed E-state index contributed by atoms with van der Waals surface area (Å²) in [6.07, 6.45) is 1.02. The van der Waals surface area contributed by atoms with Crippen LogP contribution in [0.4, 0.5) is 0 Å². The van der Waals surface area contributed by atoms with Gasteiger partial charge in [0.1, 0.15) is 6.61 Å². The number of benzene rings is 1. The maximum atomic E-state index is 5.68. The molecule has 0 fully saturated rings. The van der Waals surface area contributed by atoms with E-state index >= 15 is 0 Å². The minimum absolute atomic E-state index is 0.654. The summed E-state index contributed by atoms with van der Waals surface area (Å²) >= 11 is 0. The number of nitrogens with zero attached hydrogens (tertiary/aromatic N) is 1. The molecule has 1 rings (SSSR count). The van der Waals surface area contributed by atoms with Gasteiger partial charge in [-0.15, -0.1) is 0 Å². The highest BCUT2D eigenvalue weighted by Crippen LogP contribution is 2.25. The van der Waals surface area contributed by atoms with E-state index in [0.29, 0.717) is 6.61 Å². The van der Waals surface area contributed by atoms with E-state index in [9.17, 15) is 0 Å². The van der Waals surface area contributed by atoms with Gasteiger partial charge in [-0.2, -0.15) is 0 Å². The van der Waals surface area contributed by atoms with Crippen molar-refractivity contribution in [3.63, 3.8) is 0 Å². The molecule has 0 saturated heterocycles. The summed E-state index contributed by atoms with van der Waals surface area (Å²) in [6, 6.07) is 7.68. The van der Waals surface area contributed by atoms with E-state index in [-0.39, 0.29) is 0 Å². The molecule has 17 heavy (non-hydrogen) atoms. The maximum Gasteiger partial charge on any atom is 0.161 e. The summed E-state index contributed by atoms with van der Waals surface area (Å²) in [4.78, 5) is 2.21. The zero-order valence-electron chi connectivity index (χ0n) is 10.7. The van der Waals surface area contributed by atoms with Gasteiger partial charge in [0.25, 0.3) is 0 Å². The fourth-order valence-corrected chi connectivity index (χ4v) is 1.52. The summed E-state index contributed by atoms with van der Waals surface area (Å²) in [5.41, 5.74) is 5.46. The van der Waals surface area contributed by atoms with Crippen LogP contribution in [0.15, 0.2) is 24.3 Å². The van der Waals surface area contributed by atoms with Crippen molar-refractivity contribution in [2.24, 2.45) is 5.73 Å². The third-order valence-corrected chi connectivity index (χ3v) is 2.54. The number of nitrogens with two attached hydrogens (primary N) is 1. The van der Waals surface area contributed by atoms with Gasteiger partial charge in [0.2, 0.25) is 0 Å². The van der Waals surface area contributed by atoms with Crippen molar-refractivity contribution in [1.29, 1.82) is 0 Å². The van der Waals surface area contributed by atoms with Gasteiger partial charge in [-0.1, -0.05) is 12.1 Å². The highest BCUT2D eigenvalue weighted by molar-refractivity contribution is 5.39. The fourth-order valence-electron chi connectivity index (χ4n) is 1.52. The van der Waals surface area contributed by atoms with Gasteiger partial charge in [0, 0.05) is 6.54 Å². The minimum Gasteiger partial charge on any atom is -0.493 e. The van der Waals surface area contributed by atoms with E-state index < -0.39 is 0 Å². The number of methoxy groups -OCH3 is 1. The van der Waals surface area contributed by atoms with Gasteiger partial charge in [-0.3, -0.25) is 0 Å². The third-order valence-electron chi connectivity index (χ3n) is 2.54. The molecule has 0 atom stereocenters. The molecule has 0 unspecified atom stereocenters. The Kier molecular flexibility index (Phi) is 6.43. The van der Waals surface area contributed by atoms with Crippen LogP contribution in [0.3, 0.4) is 0 Å². The number of rotatable bonds is 8. The van der Waals surface area contributed by atoms with Crippen molar-refractivity contribution < 1.29 is 9.47 Å². The van der Waals surface area contributed by atoms with Gasteiger partial charge >= 0.3 is 0 Å². The van der Waals surface area contributed by atoms with E-state index in [2.05, 4.69) is 11.9 Å².